The maximum atomic E-state index is 13.6. The van der Waals surface area contributed by atoms with Gasteiger partial charge in [0.1, 0.15) is 11.9 Å². The molecule has 1 aromatic carbocycles. The van der Waals surface area contributed by atoms with Gasteiger partial charge in [0, 0.05) is 11.5 Å². The molecule has 0 saturated carbocycles. The summed E-state index contributed by atoms with van der Waals surface area (Å²) in [6.45, 7) is 0. The zero-order chi connectivity index (χ0) is 14.2. The van der Waals surface area contributed by atoms with E-state index in [0.29, 0.717) is 4.47 Å². The zero-order valence-corrected chi connectivity index (χ0v) is 11.5. The molecule has 1 N–H and O–H groups in total. The highest BCUT2D eigenvalue weighted by atomic mass is 79.9. The molecule has 1 aromatic rings. The van der Waals surface area contributed by atoms with E-state index < -0.39 is 23.7 Å². The van der Waals surface area contributed by atoms with Gasteiger partial charge in [-0.1, -0.05) is 15.9 Å². The Balaban J connectivity index is 2.14. The fraction of sp³-hybridized carbons (Fsp3) is 0.250. The maximum absolute atomic E-state index is 13.6. The number of amides is 3. The third-order valence-corrected chi connectivity index (χ3v) is 3.36. The summed E-state index contributed by atoms with van der Waals surface area (Å²) in [5.74, 6) is -2.27. The van der Waals surface area contributed by atoms with Gasteiger partial charge in [0.2, 0.25) is 5.91 Å². The van der Waals surface area contributed by atoms with E-state index in [-0.39, 0.29) is 17.9 Å². The van der Waals surface area contributed by atoms with Gasteiger partial charge in [-0.25, -0.2) is 4.39 Å². The minimum atomic E-state index is -0.923. The molecule has 19 heavy (non-hydrogen) atoms. The van der Waals surface area contributed by atoms with Gasteiger partial charge in [-0.2, -0.15) is 0 Å². The number of nitrogens with one attached hydrogen (secondary N) is 1. The van der Waals surface area contributed by atoms with Crippen LogP contribution in [0.4, 0.5) is 4.39 Å². The van der Waals surface area contributed by atoms with E-state index in [2.05, 4.69) is 21.2 Å². The highest BCUT2D eigenvalue weighted by Crippen LogP contribution is 2.16. The SMILES string of the molecule is CN1C(=O)CC(NC(=O)c2ccc(Br)cc2F)C1=O. The van der Waals surface area contributed by atoms with E-state index in [1.807, 2.05) is 0 Å². The van der Waals surface area contributed by atoms with E-state index in [9.17, 15) is 18.8 Å². The van der Waals surface area contributed by atoms with Crippen molar-refractivity contribution in [1.29, 1.82) is 0 Å². The molecule has 5 nitrogen and oxygen atoms in total. The summed E-state index contributed by atoms with van der Waals surface area (Å²) in [4.78, 5) is 35.7. The Morgan fingerprint density at radius 3 is 2.68 bits per heavy atom. The van der Waals surface area contributed by atoms with Crippen molar-refractivity contribution in [3.05, 3.63) is 34.1 Å². The fourth-order valence-corrected chi connectivity index (χ4v) is 2.11. The summed E-state index contributed by atoms with van der Waals surface area (Å²) in [5.41, 5.74) is -0.169. The minimum Gasteiger partial charge on any atom is -0.340 e. The second kappa shape index (κ2) is 5.08. The lowest BCUT2D eigenvalue weighted by molar-refractivity contribution is -0.137. The second-order valence-corrected chi connectivity index (χ2v) is 5.06. The summed E-state index contributed by atoms with van der Waals surface area (Å²) >= 11 is 3.08. The molecule has 1 unspecified atom stereocenters. The molecule has 0 aliphatic carbocycles. The number of benzene rings is 1. The number of imide groups is 1. The van der Waals surface area contributed by atoms with Gasteiger partial charge in [-0.15, -0.1) is 0 Å². The number of nitrogens with zero attached hydrogens (tertiary/aromatic N) is 1. The number of rotatable bonds is 2. The third kappa shape index (κ3) is 2.65. The monoisotopic (exact) mass is 328 g/mol. The molecule has 7 heteroatoms. The van der Waals surface area contributed by atoms with Gasteiger partial charge >= 0.3 is 0 Å². The number of likely N-dealkylation sites (N-methyl/N-ethyl adjacent to an activating group) is 1. The van der Waals surface area contributed by atoms with E-state index >= 15 is 0 Å². The van der Waals surface area contributed by atoms with Crippen molar-refractivity contribution < 1.29 is 18.8 Å². The standard InChI is InChI=1S/C12H10BrFN2O3/c1-16-10(17)5-9(12(16)19)15-11(18)7-3-2-6(13)4-8(7)14/h2-4,9H,5H2,1H3,(H,15,18). The number of halogens is 2. The Labute approximate surface area is 116 Å². The number of hydrogen-bond donors (Lipinski definition) is 1. The Morgan fingerprint density at radius 2 is 2.16 bits per heavy atom. The molecule has 1 aliphatic rings. The normalized spacial score (nSPS) is 18.9. The molecule has 2 rings (SSSR count). The van der Waals surface area contributed by atoms with E-state index in [1.165, 1.54) is 19.2 Å². The second-order valence-electron chi connectivity index (χ2n) is 4.15. The third-order valence-electron chi connectivity index (χ3n) is 2.86. The minimum absolute atomic E-state index is 0.0980. The molecule has 1 saturated heterocycles. The first-order valence-corrected chi connectivity index (χ1v) is 6.25. The van der Waals surface area contributed by atoms with Crippen LogP contribution < -0.4 is 5.32 Å². The molecule has 3 amide bonds. The van der Waals surface area contributed by atoms with Crippen LogP contribution in [-0.2, 0) is 9.59 Å². The van der Waals surface area contributed by atoms with Crippen molar-refractivity contribution in [2.45, 2.75) is 12.5 Å². The Morgan fingerprint density at radius 1 is 1.47 bits per heavy atom. The van der Waals surface area contributed by atoms with Crippen LogP contribution in [0.5, 0.6) is 0 Å². The molecule has 0 aromatic heterocycles. The highest BCUT2D eigenvalue weighted by Gasteiger charge is 2.37. The predicted molar refractivity (Wildman–Crippen MR) is 67.7 cm³/mol. The Kier molecular flexibility index (Phi) is 3.66. The van der Waals surface area contributed by atoms with Crippen LogP contribution in [0.3, 0.4) is 0 Å². The molecule has 1 aliphatic heterocycles. The molecule has 1 atom stereocenters. The first kappa shape index (κ1) is 13.7. The van der Waals surface area contributed by atoms with Gasteiger partial charge in [0.25, 0.3) is 11.8 Å². The van der Waals surface area contributed by atoms with Gasteiger partial charge in [-0.05, 0) is 18.2 Å². The summed E-state index contributed by atoms with van der Waals surface area (Å²) in [6, 6.07) is 3.06. The maximum Gasteiger partial charge on any atom is 0.254 e. The smallest absolute Gasteiger partial charge is 0.254 e. The van der Waals surface area contributed by atoms with Crippen LogP contribution in [-0.4, -0.2) is 35.7 Å². The molecule has 0 spiro atoms. The average Bonchev–Trinajstić information content (AvgIpc) is 2.57. The highest BCUT2D eigenvalue weighted by molar-refractivity contribution is 9.10. The van der Waals surface area contributed by atoms with Crippen LogP contribution in [0.25, 0.3) is 0 Å². The molecular weight excluding hydrogens is 319 g/mol. The van der Waals surface area contributed by atoms with Crippen molar-refractivity contribution in [1.82, 2.24) is 10.2 Å². The van der Waals surface area contributed by atoms with Crippen molar-refractivity contribution in [2.75, 3.05) is 7.05 Å². The van der Waals surface area contributed by atoms with Crippen LogP contribution >= 0.6 is 15.9 Å². The topological polar surface area (TPSA) is 66.5 Å². The molecule has 0 radical (unpaired) electrons. The fourth-order valence-electron chi connectivity index (χ4n) is 1.78. The van der Waals surface area contributed by atoms with Gasteiger partial charge in [0.15, 0.2) is 0 Å². The summed E-state index contributed by atoms with van der Waals surface area (Å²) in [6.07, 6.45) is -0.0980. The van der Waals surface area contributed by atoms with Gasteiger partial charge in [0.05, 0.1) is 12.0 Å². The van der Waals surface area contributed by atoms with Crippen molar-refractivity contribution in [3.8, 4) is 0 Å². The lowest BCUT2D eigenvalue weighted by Crippen LogP contribution is -2.40. The molecule has 0 bridgehead atoms. The summed E-state index contributed by atoms with van der Waals surface area (Å²) < 4.78 is 14.1. The van der Waals surface area contributed by atoms with Gasteiger partial charge in [-0.3, -0.25) is 19.3 Å². The molecule has 1 fully saturated rings. The van der Waals surface area contributed by atoms with Gasteiger partial charge < -0.3 is 5.32 Å². The molecule has 1 heterocycles. The van der Waals surface area contributed by atoms with Crippen molar-refractivity contribution in [3.63, 3.8) is 0 Å². The lowest BCUT2D eigenvalue weighted by Gasteiger charge is -2.11. The largest absolute Gasteiger partial charge is 0.340 e. The van der Waals surface area contributed by atoms with E-state index in [1.54, 1.807) is 0 Å². The number of hydrogen-bond acceptors (Lipinski definition) is 3. The summed E-state index contributed by atoms with van der Waals surface area (Å²) in [5, 5.41) is 2.36. The molecular formula is C12H10BrFN2O3. The van der Waals surface area contributed by atoms with Crippen molar-refractivity contribution in [2.24, 2.45) is 0 Å². The molecule has 100 valence electrons. The first-order valence-electron chi connectivity index (χ1n) is 5.46. The Bertz CT molecular complexity index is 576. The number of carbonyl (C=O) groups is 3. The zero-order valence-electron chi connectivity index (χ0n) is 9.94. The average molecular weight is 329 g/mol. The van der Waals surface area contributed by atoms with Crippen LogP contribution in [0.2, 0.25) is 0 Å². The Hall–Kier alpha value is -1.76. The number of carbonyl (C=O) groups excluding carboxylic acids is 3. The lowest BCUT2D eigenvalue weighted by atomic mass is 10.1. The first-order chi connectivity index (χ1) is 8.90. The van der Waals surface area contributed by atoms with E-state index in [0.717, 1.165) is 11.0 Å². The van der Waals surface area contributed by atoms with E-state index in [4.69, 9.17) is 0 Å². The number of likely N-dealkylation sites (tertiary alicyclic amines) is 1. The van der Waals surface area contributed by atoms with Crippen LogP contribution in [0.15, 0.2) is 22.7 Å². The van der Waals surface area contributed by atoms with Crippen LogP contribution in [0, 0.1) is 5.82 Å². The van der Waals surface area contributed by atoms with Crippen molar-refractivity contribution >= 4 is 33.7 Å². The predicted octanol–water partition coefficient (Wildman–Crippen LogP) is 1.08. The quantitative estimate of drug-likeness (QED) is 0.826. The summed E-state index contributed by atoms with van der Waals surface area (Å²) in [7, 11) is 1.34. The van der Waals surface area contributed by atoms with Crippen LogP contribution in [0.1, 0.15) is 16.8 Å².